The van der Waals surface area contributed by atoms with Crippen LogP contribution in [0.25, 0.3) is 6.08 Å². The standard InChI is InChI=1S/C22H25NO5/c1-5-16-6-10-18(11-7-16)23-22(25)15(2)28-21(24)13-9-17-8-12-19(26-3)14-20(17)27-4/h6-15H,5H2,1-4H3,(H,23,25). The van der Waals surface area contributed by atoms with Crippen molar-refractivity contribution in [1.82, 2.24) is 0 Å². The number of methoxy groups -OCH3 is 2. The van der Waals surface area contributed by atoms with Crippen molar-refractivity contribution >= 4 is 23.6 Å². The molecule has 0 saturated carbocycles. The van der Waals surface area contributed by atoms with E-state index in [0.29, 0.717) is 22.7 Å². The smallest absolute Gasteiger partial charge is 0.331 e. The Kier molecular flexibility index (Phi) is 7.63. The van der Waals surface area contributed by atoms with Crippen LogP contribution in [-0.4, -0.2) is 32.2 Å². The number of rotatable bonds is 8. The number of hydrogen-bond acceptors (Lipinski definition) is 5. The van der Waals surface area contributed by atoms with Gasteiger partial charge in [0, 0.05) is 23.4 Å². The molecule has 2 aromatic carbocycles. The van der Waals surface area contributed by atoms with E-state index >= 15 is 0 Å². The second-order valence-electron chi connectivity index (χ2n) is 6.06. The van der Waals surface area contributed by atoms with Crippen LogP contribution in [0, 0.1) is 0 Å². The van der Waals surface area contributed by atoms with Crippen molar-refractivity contribution in [3.8, 4) is 11.5 Å². The predicted octanol–water partition coefficient (Wildman–Crippen LogP) is 3.85. The number of ether oxygens (including phenoxy) is 3. The van der Waals surface area contributed by atoms with E-state index in [4.69, 9.17) is 14.2 Å². The summed E-state index contributed by atoms with van der Waals surface area (Å²) in [5.41, 5.74) is 2.52. The molecule has 6 heteroatoms. The predicted molar refractivity (Wildman–Crippen MR) is 109 cm³/mol. The van der Waals surface area contributed by atoms with E-state index in [1.807, 2.05) is 24.3 Å². The third kappa shape index (κ3) is 5.87. The molecule has 0 heterocycles. The molecule has 0 aliphatic rings. The van der Waals surface area contributed by atoms with Gasteiger partial charge in [-0.15, -0.1) is 0 Å². The van der Waals surface area contributed by atoms with E-state index in [-0.39, 0.29) is 0 Å². The minimum atomic E-state index is -0.930. The van der Waals surface area contributed by atoms with E-state index in [2.05, 4.69) is 12.2 Å². The zero-order valence-electron chi connectivity index (χ0n) is 16.5. The van der Waals surface area contributed by atoms with Gasteiger partial charge in [-0.3, -0.25) is 4.79 Å². The summed E-state index contributed by atoms with van der Waals surface area (Å²) in [7, 11) is 3.09. The lowest BCUT2D eigenvalue weighted by molar-refractivity contribution is -0.148. The SMILES string of the molecule is CCc1ccc(NC(=O)C(C)OC(=O)C=Cc2ccc(OC)cc2OC)cc1. The van der Waals surface area contributed by atoms with Crippen molar-refractivity contribution in [1.29, 1.82) is 0 Å². The second kappa shape index (κ2) is 10.2. The zero-order chi connectivity index (χ0) is 20.5. The van der Waals surface area contributed by atoms with Crippen LogP contribution < -0.4 is 14.8 Å². The zero-order valence-corrected chi connectivity index (χ0v) is 16.5. The maximum Gasteiger partial charge on any atom is 0.331 e. The molecule has 28 heavy (non-hydrogen) atoms. The monoisotopic (exact) mass is 383 g/mol. The molecule has 0 fully saturated rings. The molecule has 2 rings (SSSR count). The highest BCUT2D eigenvalue weighted by molar-refractivity contribution is 5.96. The van der Waals surface area contributed by atoms with Crippen LogP contribution in [0.1, 0.15) is 25.0 Å². The van der Waals surface area contributed by atoms with E-state index in [9.17, 15) is 9.59 Å². The van der Waals surface area contributed by atoms with Gasteiger partial charge in [0.25, 0.3) is 5.91 Å². The molecule has 0 aliphatic heterocycles. The van der Waals surface area contributed by atoms with Gasteiger partial charge in [-0.2, -0.15) is 0 Å². The van der Waals surface area contributed by atoms with Crippen molar-refractivity contribution < 1.29 is 23.8 Å². The maximum absolute atomic E-state index is 12.2. The van der Waals surface area contributed by atoms with Gasteiger partial charge in [0.1, 0.15) is 11.5 Å². The number of carbonyl (C=O) groups excluding carboxylic acids is 2. The molecule has 148 valence electrons. The second-order valence-corrected chi connectivity index (χ2v) is 6.06. The Hall–Kier alpha value is -3.28. The summed E-state index contributed by atoms with van der Waals surface area (Å²) < 4.78 is 15.6. The Labute approximate surface area is 165 Å². The van der Waals surface area contributed by atoms with Gasteiger partial charge >= 0.3 is 5.97 Å². The number of esters is 1. The highest BCUT2D eigenvalue weighted by Crippen LogP contribution is 2.25. The molecule has 1 amide bonds. The van der Waals surface area contributed by atoms with Gasteiger partial charge in [-0.05, 0) is 49.2 Å². The Morgan fingerprint density at radius 3 is 2.39 bits per heavy atom. The molecular weight excluding hydrogens is 358 g/mol. The van der Waals surface area contributed by atoms with Crippen LogP contribution >= 0.6 is 0 Å². The third-order valence-electron chi connectivity index (χ3n) is 4.13. The topological polar surface area (TPSA) is 73.9 Å². The first-order valence-electron chi connectivity index (χ1n) is 8.97. The van der Waals surface area contributed by atoms with Gasteiger partial charge in [-0.1, -0.05) is 19.1 Å². The summed E-state index contributed by atoms with van der Waals surface area (Å²) >= 11 is 0. The number of benzene rings is 2. The first-order valence-corrected chi connectivity index (χ1v) is 8.97. The fraction of sp³-hybridized carbons (Fsp3) is 0.273. The Morgan fingerprint density at radius 2 is 1.79 bits per heavy atom. The lowest BCUT2D eigenvalue weighted by Gasteiger charge is -2.12. The summed E-state index contributed by atoms with van der Waals surface area (Å²) in [5.74, 6) is 0.188. The van der Waals surface area contributed by atoms with Crippen LogP contribution in [0.4, 0.5) is 5.69 Å². The molecule has 0 aromatic heterocycles. The lowest BCUT2D eigenvalue weighted by atomic mass is 10.1. The van der Waals surface area contributed by atoms with Gasteiger partial charge in [0.2, 0.25) is 0 Å². The average Bonchev–Trinajstić information content (AvgIpc) is 2.72. The Morgan fingerprint density at radius 1 is 1.07 bits per heavy atom. The summed E-state index contributed by atoms with van der Waals surface area (Å²) in [6.45, 7) is 3.58. The highest BCUT2D eigenvalue weighted by Gasteiger charge is 2.16. The van der Waals surface area contributed by atoms with E-state index in [1.165, 1.54) is 25.7 Å². The maximum atomic E-state index is 12.2. The number of anilines is 1. The first-order chi connectivity index (χ1) is 13.5. The molecule has 0 spiro atoms. The molecular formula is C22H25NO5. The van der Waals surface area contributed by atoms with Crippen molar-refractivity contribution in [2.24, 2.45) is 0 Å². The van der Waals surface area contributed by atoms with Crippen molar-refractivity contribution in [3.05, 3.63) is 59.7 Å². The fourth-order valence-corrected chi connectivity index (χ4v) is 2.45. The molecule has 0 bridgehead atoms. The van der Waals surface area contributed by atoms with Crippen LogP contribution in [-0.2, 0) is 20.7 Å². The largest absolute Gasteiger partial charge is 0.497 e. The van der Waals surface area contributed by atoms with Crippen LogP contribution in [0.2, 0.25) is 0 Å². The minimum Gasteiger partial charge on any atom is -0.497 e. The molecule has 0 saturated heterocycles. The summed E-state index contributed by atoms with van der Waals surface area (Å²) in [4.78, 5) is 24.2. The molecule has 0 aliphatic carbocycles. The Bertz CT molecular complexity index is 843. The first kappa shape index (κ1) is 21.0. The quantitative estimate of drug-likeness (QED) is 0.554. The fourth-order valence-electron chi connectivity index (χ4n) is 2.45. The van der Waals surface area contributed by atoms with Crippen molar-refractivity contribution in [2.45, 2.75) is 26.4 Å². The van der Waals surface area contributed by atoms with Crippen molar-refractivity contribution in [3.63, 3.8) is 0 Å². The molecule has 1 N–H and O–H groups in total. The van der Waals surface area contributed by atoms with Crippen LogP contribution in [0.15, 0.2) is 48.5 Å². The van der Waals surface area contributed by atoms with Crippen LogP contribution in [0.5, 0.6) is 11.5 Å². The third-order valence-corrected chi connectivity index (χ3v) is 4.13. The highest BCUT2D eigenvalue weighted by atomic mass is 16.5. The molecule has 6 nitrogen and oxygen atoms in total. The number of amides is 1. The molecule has 1 unspecified atom stereocenters. The van der Waals surface area contributed by atoms with Gasteiger partial charge in [-0.25, -0.2) is 4.79 Å². The molecule has 0 radical (unpaired) electrons. The van der Waals surface area contributed by atoms with E-state index in [0.717, 1.165) is 6.42 Å². The number of carbonyl (C=O) groups is 2. The lowest BCUT2D eigenvalue weighted by Crippen LogP contribution is -2.29. The number of hydrogen-bond donors (Lipinski definition) is 1. The summed E-state index contributed by atoms with van der Waals surface area (Å²) in [5, 5.41) is 2.73. The van der Waals surface area contributed by atoms with Gasteiger partial charge in [0.05, 0.1) is 14.2 Å². The van der Waals surface area contributed by atoms with Crippen LogP contribution in [0.3, 0.4) is 0 Å². The molecule has 2 aromatic rings. The normalized spacial score (nSPS) is 11.7. The number of aryl methyl sites for hydroxylation is 1. The summed E-state index contributed by atoms with van der Waals surface area (Å²) in [6, 6.07) is 12.8. The van der Waals surface area contributed by atoms with Gasteiger partial charge < -0.3 is 19.5 Å². The van der Waals surface area contributed by atoms with E-state index in [1.54, 1.807) is 31.4 Å². The van der Waals surface area contributed by atoms with Gasteiger partial charge in [0.15, 0.2) is 6.10 Å². The van der Waals surface area contributed by atoms with E-state index < -0.39 is 18.0 Å². The van der Waals surface area contributed by atoms with Crippen molar-refractivity contribution in [2.75, 3.05) is 19.5 Å². The molecule has 1 atom stereocenters. The minimum absolute atomic E-state index is 0.395. The Balaban J connectivity index is 1.94. The summed E-state index contributed by atoms with van der Waals surface area (Å²) in [6.07, 6.45) is 2.81. The number of nitrogens with one attached hydrogen (secondary N) is 1. The average molecular weight is 383 g/mol.